The molecular formula is C8H9NO5S. The number of nitro benzene ring substituents is 1. The largest absolute Gasteiger partial charge is 0.285 e. The molecule has 0 amide bonds. The molecule has 0 aliphatic carbocycles. The lowest BCUT2D eigenvalue weighted by atomic mass is 10.1. The normalized spacial score (nSPS) is 13.5. The maximum Gasteiger partial charge on any atom is 0.271 e. The fourth-order valence-corrected chi connectivity index (χ4v) is 1.55. The fourth-order valence-electron chi connectivity index (χ4n) is 1.06. The van der Waals surface area contributed by atoms with Gasteiger partial charge < -0.3 is 0 Å². The topological polar surface area (TPSA) is 97.5 Å². The summed E-state index contributed by atoms with van der Waals surface area (Å²) in [5.41, 5.74) is -0.0188. The molecule has 1 aromatic rings. The first-order chi connectivity index (χ1) is 6.82. The summed E-state index contributed by atoms with van der Waals surface area (Å²) in [5, 5.41) is 9.25. The smallest absolute Gasteiger partial charge is 0.271 e. The van der Waals surface area contributed by atoms with Crippen LogP contribution in [0.2, 0.25) is 0 Å². The van der Waals surface area contributed by atoms with E-state index < -0.39 is 20.3 Å². The summed E-state index contributed by atoms with van der Waals surface area (Å²) in [5.74, 6) is 0. The molecule has 0 heterocycles. The Balaban J connectivity index is 3.17. The van der Waals surface area contributed by atoms with Gasteiger partial charge in [-0.05, 0) is 12.5 Å². The fraction of sp³-hybridized carbons (Fsp3) is 0.250. The van der Waals surface area contributed by atoms with Crippen LogP contribution < -0.4 is 0 Å². The third-order valence-electron chi connectivity index (χ3n) is 2.00. The van der Waals surface area contributed by atoms with Crippen molar-refractivity contribution >= 4 is 15.8 Å². The molecule has 0 saturated carbocycles. The van der Waals surface area contributed by atoms with Crippen molar-refractivity contribution in [2.24, 2.45) is 0 Å². The van der Waals surface area contributed by atoms with Gasteiger partial charge >= 0.3 is 0 Å². The van der Waals surface area contributed by atoms with Gasteiger partial charge in [0.2, 0.25) is 0 Å². The maximum atomic E-state index is 10.8. The van der Waals surface area contributed by atoms with Crippen molar-refractivity contribution in [1.29, 1.82) is 0 Å². The third kappa shape index (κ3) is 2.74. The Labute approximate surface area is 86.4 Å². The van der Waals surface area contributed by atoms with Gasteiger partial charge in [-0.25, -0.2) is 0 Å². The second kappa shape index (κ2) is 3.95. The summed E-state index contributed by atoms with van der Waals surface area (Å²) in [6.07, 6.45) is 0. The van der Waals surface area contributed by atoms with E-state index in [1.165, 1.54) is 25.1 Å². The van der Waals surface area contributed by atoms with Gasteiger partial charge in [0.15, 0.2) is 0 Å². The van der Waals surface area contributed by atoms with Crippen LogP contribution in [0.25, 0.3) is 0 Å². The van der Waals surface area contributed by atoms with Crippen LogP contribution in [0.1, 0.15) is 17.7 Å². The zero-order chi connectivity index (χ0) is 11.6. The Morgan fingerprint density at radius 3 is 2.53 bits per heavy atom. The van der Waals surface area contributed by atoms with E-state index in [9.17, 15) is 18.5 Å². The molecule has 15 heavy (non-hydrogen) atoms. The second-order valence-corrected chi connectivity index (χ2v) is 4.75. The van der Waals surface area contributed by atoms with Crippen molar-refractivity contribution in [2.75, 3.05) is 0 Å². The molecule has 82 valence electrons. The lowest BCUT2D eigenvalue weighted by molar-refractivity contribution is -0.384. The summed E-state index contributed by atoms with van der Waals surface area (Å²) >= 11 is 0. The maximum absolute atomic E-state index is 10.8. The van der Waals surface area contributed by atoms with Crippen molar-refractivity contribution < 1.29 is 17.9 Å². The monoisotopic (exact) mass is 231 g/mol. The van der Waals surface area contributed by atoms with E-state index in [1.54, 1.807) is 0 Å². The van der Waals surface area contributed by atoms with Crippen LogP contribution in [0.5, 0.6) is 0 Å². The summed E-state index contributed by atoms with van der Waals surface area (Å²) in [6.45, 7) is 1.26. The molecule has 0 radical (unpaired) electrons. The number of non-ortho nitro benzene ring substituents is 1. The van der Waals surface area contributed by atoms with Gasteiger partial charge in [0, 0.05) is 12.1 Å². The van der Waals surface area contributed by atoms with Gasteiger partial charge in [-0.15, -0.1) is 0 Å². The second-order valence-electron chi connectivity index (χ2n) is 3.01. The minimum absolute atomic E-state index is 0.187. The molecular weight excluding hydrogens is 222 g/mol. The van der Waals surface area contributed by atoms with Crippen LogP contribution in [-0.2, 0) is 10.1 Å². The summed E-state index contributed by atoms with van der Waals surface area (Å²) in [6, 6.07) is 5.15. The Hall–Kier alpha value is -1.47. The molecule has 1 N–H and O–H groups in total. The van der Waals surface area contributed by atoms with E-state index in [0.29, 0.717) is 0 Å². The number of hydrogen-bond acceptors (Lipinski definition) is 4. The van der Waals surface area contributed by atoms with Crippen LogP contribution >= 0.6 is 0 Å². The predicted molar refractivity (Wildman–Crippen MR) is 53.1 cm³/mol. The first kappa shape index (κ1) is 11.6. The molecule has 0 fully saturated rings. The minimum Gasteiger partial charge on any atom is -0.285 e. The van der Waals surface area contributed by atoms with Gasteiger partial charge in [-0.1, -0.05) is 12.1 Å². The van der Waals surface area contributed by atoms with Gasteiger partial charge in [-0.3, -0.25) is 14.7 Å². The molecule has 0 saturated heterocycles. The zero-order valence-electron chi connectivity index (χ0n) is 7.82. The van der Waals surface area contributed by atoms with Crippen LogP contribution in [0.4, 0.5) is 5.69 Å². The number of nitrogens with zero attached hydrogens (tertiary/aromatic N) is 1. The van der Waals surface area contributed by atoms with E-state index in [2.05, 4.69) is 0 Å². The average Bonchev–Trinajstić information content (AvgIpc) is 2.15. The molecule has 1 atom stereocenters. The number of rotatable bonds is 3. The first-order valence-electron chi connectivity index (χ1n) is 4.03. The van der Waals surface area contributed by atoms with Crippen molar-refractivity contribution in [3.05, 3.63) is 39.9 Å². The lowest BCUT2D eigenvalue weighted by Gasteiger charge is -2.07. The minimum atomic E-state index is -4.22. The van der Waals surface area contributed by atoms with Gasteiger partial charge in [0.05, 0.1) is 4.92 Å². The molecule has 0 aliphatic rings. The highest BCUT2D eigenvalue weighted by atomic mass is 32.2. The summed E-state index contributed by atoms with van der Waals surface area (Å²) < 4.78 is 30.4. The molecule has 0 spiro atoms. The molecule has 0 aliphatic heterocycles. The van der Waals surface area contributed by atoms with Crippen LogP contribution in [0.3, 0.4) is 0 Å². The Morgan fingerprint density at radius 2 is 2.07 bits per heavy atom. The van der Waals surface area contributed by atoms with Crippen molar-refractivity contribution in [1.82, 2.24) is 0 Å². The van der Waals surface area contributed by atoms with Crippen LogP contribution in [-0.4, -0.2) is 17.9 Å². The summed E-state index contributed by atoms with van der Waals surface area (Å²) in [4.78, 5) is 9.79. The molecule has 7 heteroatoms. The van der Waals surface area contributed by atoms with Crippen molar-refractivity contribution in [2.45, 2.75) is 12.2 Å². The Morgan fingerprint density at radius 1 is 1.47 bits per heavy atom. The SMILES string of the molecule is C[C@@H](c1cccc([N+](=O)[O-])c1)S(=O)(=O)O. The number of nitro groups is 1. The molecule has 1 rings (SSSR count). The van der Waals surface area contributed by atoms with Crippen molar-refractivity contribution in [3.8, 4) is 0 Å². The van der Waals surface area contributed by atoms with Crippen molar-refractivity contribution in [3.63, 3.8) is 0 Å². The quantitative estimate of drug-likeness (QED) is 0.483. The van der Waals surface area contributed by atoms with Gasteiger partial charge in [-0.2, -0.15) is 8.42 Å². The van der Waals surface area contributed by atoms with E-state index in [1.807, 2.05) is 0 Å². The first-order valence-corrected chi connectivity index (χ1v) is 5.53. The van der Waals surface area contributed by atoms with E-state index in [-0.39, 0.29) is 11.3 Å². The average molecular weight is 231 g/mol. The molecule has 0 aromatic heterocycles. The highest BCUT2D eigenvalue weighted by Gasteiger charge is 2.21. The van der Waals surface area contributed by atoms with E-state index in [4.69, 9.17) is 4.55 Å². The molecule has 1 aromatic carbocycles. The number of hydrogen-bond donors (Lipinski definition) is 1. The molecule has 6 nitrogen and oxygen atoms in total. The zero-order valence-corrected chi connectivity index (χ0v) is 8.64. The molecule has 0 unspecified atom stereocenters. The number of benzene rings is 1. The Kier molecular flexibility index (Phi) is 3.06. The van der Waals surface area contributed by atoms with Gasteiger partial charge in [0.25, 0.3) is 15.8 Å². The van der Waals surface area contributed by atoms with Crippen LogP contribution in [0.15, 0.2) is 24.3 Å². The lowest BCUT2D eigenvalue weighted by Crippen LogP contribution is -2.08. The predicted octanol–water partition coefficient (Wildman–Crippen LogP) is 1.54. The highest BCUT2D eigenvalue weighted by molar-refractivity contribution is 7.86. The highest BCUT2D eigenvalue weighted by Crippen LogP contribution is 2.24. The van der Waals surface area contributed by atoms with E-state index in [0.717, 1.165) is 6.07 Å². The van der Waals surface area contributed by atoms with E-state index >= 15 is 0 Å². The Bertz CT molecular complexity index is 482. The summed E-state index contributed by atoms with van der Waals surface area (Å²) in [7, 11) is -4.22. The van der Waals surface area contributed by atoms with Crippen LogP contribution in [0, 0.1) is 10.1 Å². The standard InChI is InChI=1S/C8H9NO5S/c1-6(15(12,13)14)7-3-2-4-8(5-7)9(10)11/h2-6H,1H3,(H,12,13,14)/t6-/m0/s1. The third-order valence-corrected chi connectivity index (χ3v) is 3.16. The molecule has 0 bridgehead atoms. The van der Waals surface area contributed by atoms with Gasteiger partial charge in [0.1, 0.15) is 5.25 Å².